The van der Waals surface area contributed by atoms with Crippen molar-refractivity contribution in [3.8, 4) is 0 Å². The Kier molecular flexibility index (Phi) is 7.92. The molecule has 0 heterocycles. The van der Waals surface area contributed by atoms with Gasteiger partial charge in [0.2, 0.25) is 0 Å². The molecule has 0 aliphatic rings. The van der Waals surface area contributed by atoms with Gasteiger partial charge in [-0.05, 0) is 0 Å². The minimum absolute atomic E-state index is 0.296. The predicted molar refractivity (Wildman–Crippen MR) is 82.4 cm³/mol. The van der Waals surface area contributed by atoms with Crippen LogP contribution in [-0.4, -0.2) is 91.5 Å². The van der Waals surface area contributed by atoms with Crippen molar-refractivity contribution in [3.63, 3.8) is 0 Å². The summed E-state index contributed by atoms with van der Waals surface area (Å²) < 4.78 is 0. The van der Waals surface area contributed by atoms with Gasteiger partial charge in [0.25, 0.3) is 0 Å². The monoisotopic (exact) mass is 175 g/mol. The standard InChI is InChI=1S/B13S/c1-7-11(6)12(8-14)13(9(2)3)10(4)5. The molecule has 14 heavy (non-hydrogen) atoms. The summed E-state index contributed by atoms with van der Waals surface area (Å²) in [5, 5.41) is 0. The third kappa shape index (κ3) is 4.29. The van der Waals surface area contributed by atoms with E-state index in [-0.39, 0.29) is 12.8 Å². The van der Waals surface area contributed by atoms with Gasteiger partial charge >= 0.3 is 104 Å². The topological polar surface area (TPSA) is 0 Å². The molecular formula is B13S. The summed E-state index contributed by atoms with van der Waals surface area (Å²) in [6.45, 7) is 0. The summed E-state index contributed by atoms with van der Waals surface area (Å²) in [5.74, 6) is 0. The van der Waals surface area contributed by atoms with E-state index in [0.29, 0.717) is 0 Å². The molecule has 0 nitrogen and oxygen atoms in total. The van der Waals surface area contributed by atoms with Crippen LogP contribution in [0.1, 0.15) is 0 Å². The third-order valence-corrected chi connectivity index (χ3v) is 2.47. The summed E-state index contributed by atoms with van der Waals surface area (Å²) in [6, 6.07) is 1.46. The number of rotatable bonds is 6. The van der Waals surface area contributed by atoms with Crippen LogP contribution in [0.2, 0.25) is 0 Å². The Balaban J connectivity index is 4.66. The Hall–Kier alpha value is 1.06. The van der Waals surface area contributed by atoms with Crippen molar-refractivity contribution in [2.24, 2.45) is 0 Å². The van der Waals surface area contributed by atoms with Crippen LogP contribution in [0.4, 0.5) is 0 Å². The number of hydrogen-bond acceptors (Lipinski definition) is 1. The van der Waals surface area contributed by atoms with Crippen LogP contribution in [0.3, 0.4) is 0 Å². The van der Waals surface area contributed by atoms with Gasteiger partial charge in [-0.2, -0.15) is 0 Å². The molecule has 0 fully saturated rings. The van der Waals surface area contributed by atoms with Gasteiger partial charge in [0.1, 0.15) is 0 Å². The molecule has 0 aromatic rings. The molecule has 0 saturated carbocycles. The first-order valence-electron chi connectivity index (χ1n) is 4.24. The van der Waals surface area contributed by atoms with E-state index in [1.165, 1.54) is 13.1 Å². The van der Waals surface area contributed by atoms with E-state index in [9.17, 15) is 0 Å². The zero-order chi connectivity index (χ0) is 11.3. The quantitative estimate of drug-likeness (QED) is 0.366. The van der Waals surface area contributed by atoms with E-state index in [4.69, 9.17) is 58.5 Å². The van der Waals surface area contributed by atoms with Crippen LogP contribution >= 0.6 is 12.1 Å². The average Bonchev–Trinajstić information content (AvgIpc) is 2.11. The Morgan fingerprint density at radius 3 is 1.57 bits per heavy atom. The molecule has 0 bridgehead atoms. The van der Waals surface area contributed by atoms with E-state index in [0.717, 1.165) is 0 Å². The van der Waals surface area contributed by atoms with E-state index >= 15 is 0 Å². The maximum atomic E-state index is 5.70. The average molecular weight is 173 g/mol. The van der Waals surface area contributed by atoms with E-state index in [1.807, 2.05) is 0 Å². The van der Waals surface area contributed by atoms with Gasteiger partial charge in [0.15, 0.2) is 0 Å². The van der Waals surface area contributed by atoms with Crippen LogP contribution in [0.5, 0.6) is 0 Å². The summed E-state index contributed by atoms with van der Waals surface area (Å²) in [7, 11) is 34.5. The second-order valence-electron chi connectivity index (χ2n) is 3.22. The molecule has 0 amide bonds. The first kappa shape index (κ1) is 15.1. The van der Waals surface area contributed by atoms with Crippen molar-refractivity contribution < 1.29 is 0 Å². The van der Waals surface area contributed by atoms with Gasteiger partial charge in [-0.3, -0.25) is 0 Å². The molecule has 14 heteroatoms. The Bertz CT molecular complexity index is 153. The van der Waals surface area contributed by atoms with Crippen LogP contribution < -0.4 is 0 Å². The van der Waals surface area contributed by atoms with Crippen LogP contribution in [-0.2, 0) is 0 Å². The Labute approximate surface area is 103 Å². The molecule has 0 rings (SSSR count). The first-order valence-corrected chi connectivity index (χ1v) is 4.71. The van der Waals surface area contributed by atoms with Crippen molar-refractivity contribution in [1.29, 1.82) is 0 Å². The minimum atomic E-state index is -0.676. The summed E-state index contributed by atoms with van der Waals surface area (Å²) in [5.41, 5.74) is 0. The predicted octanol–water partition coefficient (Wildman–Crippen LogP) is -4.30. The van der Waals surface area contributed by atoms with Crippen LogP contribution in [0.25, 0.3) is 0 Å². The van der Waals surface area contributed by atoms with Gasteiger partial charge in [-0.25, -0.2) is 0 Å². The van der Waals surface area contributed by atoms with Crippen molar-refractivity contribution in [3.05, 3.63) is 0 Å². The summed E-state index contributed by atoms with van der Waals surface area (Å²) in [4.78, 5) is 0. The fourth-order valence-corrected chi connectivity index (χ4v) is 1.70. The fourth-order valence-electron chi connectivity index (χ4n) is 1.34. The van der Waals surface area contributed by atoms with Crippen LogP contribution in [0, 0.1) is 0 Å². The zero-order valence-electron chi connectivity index (χ0n) is 7.91. The molecule has 13 radical (unpaired) electrons. The Morgan fingerprint density at radius 2 is 1.36 bits per heavy atom. The van der Waals surface area contributed by atoms with Gasteiger partial charge in [-0.1, -0.05) is 0 Å². The normalized spacial score (nSPS) is 8.29. The summed E-state index contributed by atoms with van der Waals surface area (Å²) in [6.07, 6.45) is -2.48. The van der Waals surface area contributed by atoms with Crippen molar-refractivity contribution in [1.82, 2.24) is 0 Å². The molecule has 0 atom stereocenters. The van der Waals surface area contributed by atoms with Crippen molar-refractivity contribution >= 4 is 104 Å². The molecule has 0 aliphatic heterocycles. The van der Waals surface area contributed by atoms with Crippen molar-refractivity contribution in [2.45, 2.75) is 0 Å². The fraction of sp³-hybridized carbons (Fsp3) is 0. The molecule has 0 aromatic heterocycles. The third-order valence-electron chi connectivity index (χ3n) is 2.16. The number of hydrogen-bond donors (Lipinski definition) is 0. The molecule has 0 aliphatic carbocycles. The molecule has 0 unspecified atom stereocenters. The molecule has 0 aromatic carbocycles. The van der Waals surface area contributed by atoms with E-state index in [2.05, 4.69) is 0 Å². The van der Waals surface area contributed by atoms with Gasteiger partial charge in [0.05, 0.1) is 0 Å². The second kappa shape index (κ2) is 7.36. The van der Waals surface area contributed by atoms with Gasteiger partial charge in [0, 0.05) is 0 Å². The van der Waals surface area contributed by atoms with E-state index < -0.39 is 19.2 Å². The Morgan fingerprint density at radius 1 is 0.929 bits per heavy atom. The molecule has 0 N–H and O–H groups in total. The molecule has 45 valence electrons. The SMILES string of the molecule is [B][B]B([B])B(B=S)B(B([B])[B])B([B])[B]. The molecular weight excluding hydrogens is 173 g/mol. The molecule has 0 saturated heterocycles. The summed E-state index contributed by atoms with van der Waals surface area (Å²) >= 11 is 4.83. The van der Waals surface area contributed by atoms with Crippen molar-refractivity contribution in [2.75, 3.05) is 0 Å². The maximum absolute atomic E-state index is 5.70. The second-order valence-corrected chi connectivity index (χ2v) is 3.49. The van der Waals surface area contributed by atoms with E-state index in [1.54, 1.807) is 0 Å². The molecule has 0 spiro atoms. The van der Waals surface area contributed by atoms with Gasteiger partial charge < -0.3 is 0 Å². The van der Waals surface area contributed by atoms with Gasteiger partial charge in [-0.15, -0.1) is 0 Å². The first-order chi connectivity index (χ1) is 6.45. The zero-order valence-corrected chi connectivity index (χ0v) is 8.73. The van der Waals surface area contributed by atoms with Crippen LogP contribution in [0.15, 0.2) is 0 Å².